The molecule has 1 aromatic heterocycles. The maximum absolute atomic E-state index is 12.2. The first-order valence-corrected chi connectivity index (χ1v) is 7.54. The fourth-order valence-electron chi connectivity index (χ4n) is 2.64. The van der Waals surface area contributed by atoms with Gasteiger partial charge in [-0.25, -0.2) is 4.98 Å². The lowest BCUT2D eigenvalue weighted by atomic mass is 10.1. The molecule has 0 aliphatic heterocycles. The van der Waals surface area contributed by atoms with Crippen molar-refractivity contribution in [2.45, 2.75) is 26.6 Å². The second-order valence-corrected chi connectivity index (χ2v) is 5.53. The minimum Gasteiger partial charge on any atom is -0.388 e. The van der Waals surface area contributed by atoms with E-state index in [1.807, 2.05) is 55.5 Å². The van der Waals surface area contributed by atoms with Gasteiger partial charge in [-0.15, -0.1) is 0 Å². The molecule has 0 spiro atoms. The number of aliphatic hydroxyl groups is 1. The molecule has 0 aliphatic carbocycles. The number of nitrogens with one attached hydrogen (secondary N) is 1. The van der Waals surface area contributed by atoms with Crippen LogP contribution in [0.5, 0.6) is 0 Å². The zero-order valence-electron chi connectivity index (χ0n) is 13.0. The highest BCUT2D eigenvalue weighted by Gasteiger charge is 2.12. The second-order valence-electron chi connectivity index (χ2n) is 5.53. The van der Waals surface area contributed by atoms with Crippen molar-refractivity contribution in [2.24, 2.45) is 0 Å². The molecule has 0 fully saturated rings. The molecule has 0 saturated heterocycles. The van der Waals surface area contributed by atoms with Crippen molar-refractivity contribution >= 4 is 16.9 Å². The summed E-state index contributed by atoms with van der Waals surface area (Å²) in [5, 5.41) is 12.4. The minimum absolute atomic E-state index is 0.107. The van der Waals surface area contributed by atoms with Gasteiger partial charge in [-0.2, -0.15) is 0 Å². The zero-order valence-corrected chi connectivity index (χ0v) is 13.0. The summed E-state index contributed by atoms with van der Waals surface area (Å²) in [6.07, 6.45) is 0. The number of nitrogens with zero attached hydrogens (tertiary/aromatic N) is 2. The number of benzene rings is 2. The number of imidazole rings is 1. The van der Waals surface area contributed by atoms with E-state index in [0.29, 0.717) is 12.4 Å². The van der Waals surface area contributed by atoms with Crippen LogP contribution in [0.1, 0.15) is 17.0 Å². The van der Waals surface area contributed by atoms with Crippen LogP contribution in [0.15, 0.2) is 48.5 Å². The number of carbonyl (C=O) groups excluding carboxylic acids is 1. The molecule has 2 N–H and O–H groups in total. The Balaban J connectivity index is 1.73. The van der Waals surface area contributed by atoms with E-state index in [1.165, 1.54) is 5.56 Å². The monoisotopic (exact) mass is 309 g/mol. The van der Waals surface area contributed by atoms with Crippen molar-refractivity contribution in [2.75, 3.05) is 0 Å². The van der Waals surface area contributed by atoms with Crippen molar-refractivity contribution < 1.29 is 9.90 Å². The molecule has 0 radical (unpaired) electrons. The van der Waals surface area contributed by atoms with Gasteiger partial charge in [0.1, 0.15) is 19.0 Å². The number of fused-ring (bicyclic) bond motifs is 1. The first-order valence-electron chi connectivity index (χ1n) is 7.54. The van der Waals surface area contributed by atoms with E-state index >= 15 is 0 Å². The Hall–Kier alpha value is -2.66. The summed E-state index contributed by atoms with van der Waals surface area (Å²) >= 11 is 0. The Labute approximate surface area is 134 Å². The predicted octanol–water partition coefficient (Wildman–Crippen LogP) is 2.15. The van der Waals surface area contributed by atoms with Gasteiger partial charge >= 0.3 is 0 Å². The van der Waals surface area contributed by atoms with Crippen LogP contribution < -0.4 is 5.32 Å². The number of para-hydroxylation sites is 2. The molecule has 3 aromatic rings. The Morgan fingerprint density at radius 3 is 2.83 bits per heavy atom. The van der Waals surface area contributed by atoms with Crippen molar-refractivity contribution in [3.63, 3.8) is 0 Å². The molecule has 0 aliphatic rings. The molecule has 5 heteroatoms. The fourth-order valence-corrected chi connectivity index (χ4v) is 2.64. The minimum atomic E-state index is -0.195. The van der Waals surface area contributed by atoms with Gasteiger partial charge in [0.05, 0.1) is 11.0 Å². The molecule has 1 amide bonds. The Bertz CT molecular complexity index is 839. The molecule has 1 heterocycles. The van der Waals surface area contributed by atoms with Crippen molar-refractivity contribution in [3.05, 3.63) is 65.5 Å². The van der Waals surface area contributed by atoms with E-state index in [-0.39, 0.29) is 19.1 Å². The third kappa shape index (κ3) is 3.40. The third-order valence-electron chi connectivity index (χ3n) is 3.75. The van der Waals surface area contributed by atoms with Crippen LogP contribution in [0.2, 0.25) is 0 Å². The Kier molecular flexibility index (Phi) is 4.39. The van der Waals surface area contributed by atoms with Gasteiger partial charge in [0, 0.05) is 6.54 Å². The number of amides is 1. The molecule has 0 atom stereocenters. The van der Waals surface area contributed by atoms with E-state index in [4.69, 9.17) is 0 Å². The Morgan fingerprint density at radius 1 is 1.22 bits per heavy atom. The molecular formula is C18H19N3O2. The molecular weight excluding hydrogens is 290 g/mol. The zero-order chi connectivity index (χ0) is 16.2. The average molecular weight is 309 g/mol. The summed E-state index contributed by atoms with van der Waals surface area (Å²) in [4.78, 5) is 16.6. The number of rotatable bonds is 5. The summed E-state index contributed by atoms with van der Waals surface area (Å²) in [7, 11) is 0. The maximum atomic E-state index is 12.2. The average Bonchev–Trinajstić information content (AvgIpc) is 2.91. The maximum Gasteiger partial charge on any atom is 0.240 e. The number of carbonyl (C=O) groups is 1. The first kappa shape index (κ1) is 15.2. The van der Waals surface area contributed by atoms with Crippen LogP contribution in [0.4, 0.5) is 0 Å². The summed E-state index contributed by atoms with van der Waals surface area (Å²) in [6, 6.07) is 15.6. The molecule has 23 heavy (non-hydrogen) atoms. The van der Waals surface area contributed by atoms with E-state index in [1.54, 1.807) is 4.57 Å². The largest absolute Gasteiger partial charge is 0.388 e. The van der Waals surface area contributed by atoms with Crippen LogP contribution in [0.25, 0.3) is 11.0 Å². The van der Waals surface area contributed by atoms with Gasteiger partial charge < -0.3 is 15.0 Å². The summed E-state index contributed by atoms with van der Waals surface area (Å²) in [6.45, 7) is 2.46. The molecule has 0 saturated carbocycles. The van der Waals surface area contributed by atoms with Gasteiger partial charge in [-0.3, -0.25) is 4.79 Å². The molecule has 2 aromatic carbocycles. The summed E-state index contributed by atoms with van der Waals surface area (Å²) < 4.78 is 1.75. The van der Waals surface area contributed by atoms with Crippen LogP contribution in [0.3, 0.4) is 0 Å². The van der Waals surface area contributed by atoms with Crippen molar-refractivity contribution in [1.82, 2.24) is 14.9 Å². The number of aryl methyl sites for hydroxylation is 1. The fraction of sp³-hybridized carbons (Fsp3) is 0.222. The van der Waals surface area contributed by atoms with Crippen LogP contribution in [0, 0.1) is 6.92 Å². The highest BCUT2D eigenvalue weighted by molar-refractivity contribution is 5.81. The first-order chi connectivity index (χ1) is 11.2. The molecule has 118 valence electrons. The Morgan fingerprint density at radius 2 is 2.04 bits per heavy atom. The van der Waals surface area contributed by atoms with E-state index in [2.05, 4.69) is 10.3 Å². The molecule has 5 nitrogen and oxygen atoms in total. The normalized spacial score (nSPS) is 10.9. The van der Waals surface area contributed by atoms with Gasteiger partial charge in [-0.1, -0.05) is 42.0 Å². The van der Waals surface area contributed by atoms with Crippen LogP contribution in [-0.2, 0) is 24.5 Å². The second kappa shape index (κ2) is 6.62. The quantitative estimate of drug-likeness (QED) is 0.759. The lowest BCUT2D eigenvalue weighted by Gasteiger charge is -2.09. The van der Waals surface area contributed by atoms with E-state index in [9.17, 15) is 9.90 Å². The summed E-state index contributed by atoms with van der Waals surface area (Å²) in [5.74, 6) is 0.390. The van der Waals surface area contributed by atoms with E-state index in [0.717, 1.165) is 16.6 Å². The number of aliphatic hydroxyl groups excluding tert-OH is 1. The number of aromatic nitrogens is 2. The van der Waals surface area contributed by atoms with Crippen molar-refractivity contribution in [1.29, 1.82) is 0 Å². The van der Waals surface area contributed by atoms with Crippen LogP contribution in [-0.4, -0.2) is 20.6 Å². The SMILES string of the molecule is Cc1cccc(CNC(=O)Cn2c(CO)nc3ccccc32)c1. The predicted molar refractivity (Wildman–Crippen MR) is 88.7 cm³/mol. The number of hydrogen-bond acceptors (Lipinski definition) is 3. The molecule has 3 rings (SSSR count). The van der Waals surface area contributed by atoms with Gasteiger partial charge in [0.15, 0.2) is 0 Å². The standard InChI is InChI=1S/C18H19N3O2/c1-13-5-4-6-14(9-13)10-19-18(23)11-21-16-8-3-2-7-15(16)20-17(21)12-22/h2-9,22H,10-12H2,1H3,(H,19,23). The van der Waals surface area contributed by atoms with E-state index < -0.39 is 0 Å². The highest BCUT2D eigenvalue weighted by atomic mass is 16.3. The molecule has 0 unspecified atom stereocenters. The lowest BCUT2D eigenvalue weighted by Crippen LogP contribution is -2.27. The highest BCUT2D eigenvalue weighted by Crippen LogP contribution is 2.16. The smallest absolute Gasteiger partial charge is 0.240 e. The third-order valence-corrected chi connectivity index (χ3v) is 3.75. The summed E-state index contributed by atoms with van der Waals surface area (Å²) in [5.41, 5.74) is 3.86. The van der Waals surface area contributed by atoms with Crippen molar-refractivity contribution in [3.8, 4) is 0 Å². The molecule has 0 bridgehead atoms. The number of hydrogen-bond donors (Lipinski definition) is 2. The lowest BCUT2D eigenvalue weighted by molar-refractivity contribution is -0.121. The van der Waals surface area contributed by atoms with Gasteiger partial charge in [0.2, 0.25) is 5.91 Å². The van der Waals surface area contributed by atoms with Gasteiger partial charge in [0.25, 0.3) is 0 Å². The topological polar surface area (TPSA) is 67.2 Å². The van der Waals surface area contributed by atoms with Gasteiger partial charge in [-0.05, 0) is 24.6 Å². The van der Waals surface area contributed by atoms with Crippen LogP contribution >= 0.6 is 0 Å².